The number of hydrogen-bond donors (Lipinski definition) is 1. The number of alkyl halides is 2. The lowest BCUT2D eigenvalue weighted by Crippen LogP contribution is -2.37. The molecular formula is C17H11F2NO5. The van der Waals surface area contributed by atoms with Crippen molar-refractivity contribution in [3.63, 3.8) is 0 Å². The Morgan fingerprint density at radius 2 is 1.88 bits per heavy atom. The minimum atomic E-state index is -3.73. The van der Waals surface area contributed by atoms with Gasteiger partial charge in [-0.2, -0.15) is 0 Å². The number of fused-ring (bicyclic) bond motifs is 2. The number of anilines is 1. The molecular weight excluding hydrogens is 336 g/mol. The van der Waals surface area contributed by atoms with E-state index in [0.717, 1.165) is 0 Å². The van der Waals surface area contributed by atoms with Crippen LogP contribution in [0, 0.1) is 0 Å². The number of cyclic esters (lactones) is 1. The average molecular weight is 347 g/mol. The van der Waals surface area contributed by atoms with Gasteiger partial charge in [0.2, 0.25) is 0 Å². The summed E-state index contributed by atoms with van der Waals surface area (Å²) in [6.45, 7) is 0. The van der Waals surface area contributed by atoms with Gasteiger partial charge in [0.1, 0.15) is 0 Å². The van der Waals surface area contributed by atoms with Crippen molar-refractivity contribution in [3.8, 4) is 11.5 Å². The van der Waals surface area contributed by atoms with Gasteiger partial charge in [0.15, 0.2) is 17.6 Å². The highest BCUT2D eigenvalue weighted by molar-refractivity contribution is 6.00. The van der Waals surface area contributed by atoms with Gasteiger partial charge < -0.3 is 19.5 Å². The molecule has 8 heteroatoms. The first-order valence-electron chi connectivity index (χ1n) is 7.41. The third-order valence-corrected chi connectivity index (χ3v) is 3.85. The number of carbonyl (C=O) groups excluding carboxylic acids is 2. The second kappa shape index (κ2) is 5.44. The van der Waals surface area contributed by atoms with Crippen LogP contribution in [0.25, 0.3) is 0 Å². The van der Waals surface area contributed by atoms with Crippen LogP contribution in [0.2, 0.25) is 0 Å². The molecule has 6 nitrogen and oxygen atoms in total. The normalized spacial score (nSPS) is 19.8. The van der Waals surface area contributed by atoms with Gasteiger partial charge in [0.05, 0.1) is 5.56 Å². The minimum absolute atomic E-state index is 0.124. The summed E-state index contributed by atoms with van der Waals surface area (Å²) >= 11 is 0. The lowest BCUT2D eigenvalue weighted by Gasteiger charge is -2.23. The fourth-order valence-corrected chi connectivity index (χ4v) is 2.73. The Morgan fingerprint density at radius 1 is 1.12 bits per heavy atom. The molecule has 2 heterocycles. The smallest absolute Gasteiger partial charge is 0.448 e. The number of amides is 1. The molecule has 2 aromatic carbocycles. The Labute approximate surface area is 140 Å². The molecule has 128 valence electrons. The Hall–Kier alpha value is -3.16. The van der Waals surface area contributed by atoms with Crippen LogP contribution in [0.1, 0.15) is 15.9 Å². The molecule has 1 N–H and O–H groups in total. The standard InChI is InChI=1S/C17H11F2NO5/c18-17(19)24-12-6-5-10(8-13(12)25-17)20-15(21)14-7-9-3-1-2-4-11(9)16(22)23-14/h1-6,8,14H,7H2,(H,20,21). The van der Waals surface area contributed by atoms with E-state index in [1.165, 1.54) is 18.2 Å². The topological polar surface area (TPSA) is 73.9 Å². The maximum atomic E-state index is 13.0. The van der Waals surface area contributed by atoms with Crippen LogP contribution in [0.4, 0.5) is 14.5 Å². The highest BCUT2D eigenvalue weighted by Gasteiger charge is 2.43. The van der Waals surface area contributed by atoms with E-state index in [-0.39, 0.29) is 23.6 Å². The van der Waals surface area contributed by atoms with Crippen LogP contribution < -0.4 is 14.8 Å². The molecule has 0 aliphatic carbocycles. The summed E-state index contributed by atoms with van der Waals surface area (Å²) in [6.07, 6.45) is -4.50. The van der Waals surface area contributed by atoms with Crippen molar-refractivity contribution in [1.29, 1.82) is 0 Å². The Balaban J connectivity index is 1.50. The number of rotatable bonds is 2. The highest BCUT2D eigenvalue weighted by atomic mass is 19.3. The summed E-state index contributed by atoms with van der Waals surface area (Å²) in [5.74, 6) is -1.45. The number of halogens is 2. The summed E-state index contributed by atoms with van der Waals surface area (Å²) in [6, 6.07) is 10.7. The first-order chi connectivity index (χ1) is 11.9. The molecule has 4 rings (SSSR count). The fraction of sp³-hybridized carbons (Fsp3) is 0.176. The van der Waals surface area contributed by atoms with Gasteiger partial charge in [-0.15, -0.1) is 8.78 Å². The zero-order chi connectivity index (χ0) is 17.6. The van der Waals surface area contributed by atoms with Gasteiger partial charge in [-0.05, 0) is 23.8 Å². The maximum Gasteiger partial charge on any atom is 0.586 e. The van der Waals surface area contributed by atoms with Crippen LogP contribution in [0.15, 0.2) is 42.5 Å². The number of nitrogens with one attached hydrogen (secondary N) is 1. The van der Waals surface area contributed by atoms with Gasteiger partial charge in [-0.25, -0.2) is 4.79 Å². The first-order valence-corrected chi connectivity index (χ1v) is 7.41. The monoisotopic (exact) mass is 347 g/mol. The van der Waals surface area contributed by atoms with Gasteiger partial charge >= 0.3 is 12.3 Å². The van der Waals surface area contributed by atoms with Crippen LogP contribution in [0.3, 0.4) is 0 Å². The summed E-state index contributed by atoms with van der Waals surface area (Å²) in [7, 11) is 0. The van der Waals surface area contributed by atoms with Crippen molar-refractivity contribution in [2.24, 2.45) is 0 Å². The van der Waals surface area contributed by atoms with Crippen molar-refractivity contribution in [3.05, 3.63) is 53.6 Å². The van der Waals surface area contributed by atoms with Crippen molar-refractivity contribution in [2.45, 2.75) is 18.8 Å². The van der Waals surface area contributed by atoms with Crippen molar-refractivity contribution >= 4 is 17.6 Å². The van der Waals surface area contributed by atoms with Gasteiger partial charge in [-0.3, -0.25) is 4.79 Å². The minimum Gasteiger partial charge on any atom is -0.448 e. The first kappa shape index (κ1) is 15.4. The molecule has 0 saturated carbocycles. The summed E-state index contributed by atoms with van der Waals surface area (Å²) in [5.41, 5.74) is 1.36. The number of benzene rings is 2. The average Bonchev–Trinajstić information content (AvgIpc) is 2.88. The Kier molecular flexibility index (Phi) is 3.34. The van der Waals surface area contributed by atoms with Crippen molar-refractivity contribution in [2.75, 3.05) is 5.32 Å². The lowest BCUT2D eigenvalue weighted by molar-refractivity contribution is -0.286. The number of hydrogen-bond acceptors (Lipinski definition) is 5. The third kappa shape index (κ3) is 2.86. The maximum absolute atomic E-state index is 13.0. The molecule has 0 saturated heterocycles. The Bertz CT molecular complexity index is 883. The molecule has 1 unspecified atom stereocenters. The van der Waals surface area contributed by atoms with Gasteiger partial charge in [-0.1, -0.05) is 18.2 Å². The zero-order valence-electron chi connectivity index (χ0n) is 12.6. The van der Waals surface area contributed by atoms with Gasteiger partial charge in [0.25, 0.3) is 5.91 Å². The van der Waals surface area contributed by atoms with E-state index in [2.05, 4.69) is 14.8 Å². The van der Waals surface area contributed by atoms with Crippen LogP contribution >= 0.6 is 0 Å². The van der Waals surface area contributed by atoms with E-state index in [0.29, 0.717) is 11.1 Å². The van der Waals surface area contributed by atoms with Gasteiger partial charge in [0, 0.05) is 18.2 Å². The predicted octanol–water partition coefficient (Wildman–Crippen LogP) is 2.73. The van der Waals surface area contributed by atoms with E-state index in [1.54, 1.807) is 24.3 Å². The largest absolute Gasteiger partial charge is 0.586 e. The molecule has 0 aromatic heterocycles. The summed E-state index contributed by atoms with van der Waals surface area (Å²) in [4.78, 5) is 24.3. The second-order valence-corrected chi connectivity index (χ2v) is 5.57. The molecule has 2 aliphatic heterocycles. The molecule has 25 heavy (non-hydrogen) atoms. The van der Waals surface area contributed by atoms with E-state index >= 15 is 0 Å². The van der Waals surface area contributed by atoms with E-state index in [4.69, 9.17) is 4.74 Å². The number of ether oxygens (including phenoxy) is 3. The fourth-order valence-electron chi connectivity index (χ4n) is 2.73. The predicted molar refractivity (Wildman–Crippen MR) is 80.6 cm³/mol. The molecule has 1 atom stereocenters. The summed E-state index contributed by atoms with van der Waals surface area (Å²) < 4.78 is 39.8. The molecule has 2 aromatic rings. The molecule has 0 spiro atoms. The van der Waals surface area contributed by atoms with E-state index in [1.807, 2.05) is 0 Å². The van der Waals surface area contributed by atoms with Crippen molar-refractivity contribution in [1.82, 2.24) is 0 Å². The molecule has 2 aliphatic rings. The third-order valence-electron chi connectivity index (χ3n) is 3.85. The summed E-state index contributed by atoms with van der Waals surface area (Å²) in [5, 5.41) is 2.52. The van der Waals surface area contributed by atoms with Crippen LogP contribution in [-0.4, -0.2) is 24.3 Å². The zero-order valence-corrected chi connectivity index (χ0v) is 12.6. The second-order valence-electron chi connectivity index (χ2n) is 5.57. The lowest BCUT2D eigenvalue weighted by atomic mass is 9.98. The van der Waals surface area contributed by atoms with E-state index < -0.39 is 24.3 Å². The quantitative estimate of drug-likeness (QED) is 0.846. The molecule has 0 fully saturated rings. The Morgan fingerprint density at radius 3 is 2.72 bits per heavy atom. The molecule has 0 radical (unpaired) electrons. The van der Waals surface area contributed by atoms with Crippen LogP contribution in [-0.2, 0) is 16.0 Å². The van der Waals surface area contributed by atoms with E-state index in [9.17, 15) is 18.4 Å². The number of carbonyl (C=O) groups is 2. The number of esters is 1. The SMILES string of the molecule is O=C1OC(C(=O)Nc2ccc3c(c2)OC(F)(F)O3)Cc2ccccc21. The highest BCUT2D eigenvalue weighted by Crippen LogP contribution is 2.42. The molecule has 0 bridgehead atoms. The molecule has 1 amide bonds. The van der Waals surface area contributed by atoms with Crippen LogP contribution in [0.5, 0.6) is 11.5 Å². The van der Waals surface area contributed by atoms with Crippen molar-refractivity contribution < 1.29 is 32.6 Å².